The highest BCUT2D eigenvalue weighted by Crippen LogP contribution is 2.44. The molecule has 2 fully saturated rings. The van der Waals surface area contributed by atoms with Crippen LogP contribution in [0.5, 0.6) is 0 Å². The number of ether oxygens (including phenoxy) is 2. The molecular formula is C21H25N5O3S. The van der Waals surface area contributed by atoms with E-state index in [9.17, 15) is 5.11 Å². The van der Waals surface area contributed by atoms with Crippen molar-refractivity contribution >= 4 is 33.3 Å². The Bertz CT molecular complexity index is 1070. The third-order valence-corrected chi connectivity index (χ3v) is 6.81. The molecule has 1 saturated heterocycles. The van der Waals surface area contributed by atoms with Crippen LogP contribution >= 0.6 is 11.3 Å². The van der Waals surface area contributed by atoms with Crippen molar-refractivity contribution in [3.63, 3.8) is 0 Å². The van der Waals surface area contributed by atoms with Gasteiger partial charge in [0.2, 0.25) is 5.95 Å². The van der Waals surface area contributed by atoms with Crippen LogP contribution < -0.4 is 11.1 Å². The van der Waals surface area contributed by atoms with Crippen molar-refractivity contribution in [3.05, 3.63) is 30.0 Å². The number of para-hydroxylation sites is 1. The van der Waals surface area contributed by atoms with Crippen LogP contribution in [0.15, 0.2) is 24.3 Å². The maximum atomic E-state index is 9.85. The Hall–Kier alpha value is -2.33. The monoisotopic (exact) mass is 427 g/mol. The molecular weight excluding hydrogens is 402 g/mol. The number of rotatable bonds is 4. The third kappa shape index (κ3) is 3.31. The maximum absolute atomic E-state index is 9.85. The third-order valence-electron chi connectivity index (χ3n) is 5.75. The summed E-state index contributed by atoms with van der Waals surface area (Å²) in [7, 11) is 0. The number of anilines is 2. The van der Waals surface area contributed by atoms with Crippen LogP contribution in [0.25, 0.3) is 20.8 Å². The fourth-order valence-electron chi connectivity index (χ4n) is 4.52. The first-order valence-electron chi connectivity index (χ1n) is 10.1. The van der Waals surface area contributed by atoms with E-state index in [0.717, 1.165) is 26.5 Å². The van der Waals surface area contributed by atoms with E-state index in [0.29, 0.717) is 12.2 Å². The highest BCUT2D eigenvalue weighted by atomic mass is 32.1. The molecule has 2 aromatic heterocycles. The van der Waals surface area contributed by atoms with E-state index >= 15 is 0 Å². The number of aryl methyl sites for hydroxylation is 1. The van der Waals surface area contributed by atoms with E-state index in [1.165, 1.54) is 0 Å². The quantitative estimate of drug-likeness (QED) is 0.582. The SMILES string of the molecule is Cc1nc(N)nc(N[C@@H]2C[C@H](CO)[C@H]3OC(C)(C)O[C@H]32)c1-c1nc2ccccc2s1. The second kappa shape index (κ2) is 7.12. The number of hydrogen-bond donors (Lipinski definition) is 3. The Morgan fingerprint density at radius 1 is 1.20 bits per heavy atom. The van der Waals surface area contributed by atoms with E-state index in [1.54, 1.807) is 11.3 Å². The summed E-state index contributed by atoms with van der Waals surface area (Å²) in [5, 5.41) is 14.2. The first kappa shape index (κ1) is 19.6. The summed E-state index contributed by atoms with van der Waals surface area (Å²) in [4.78, 5) is 13.7. The van der Waals surface area contributed by atoms with Crippen molar-refractivity contribution in [2.45, 2.75) is 51.2 Å². The summed E-state index contributed by atoms with van der Waals surface area (Å²) in [6.45, 7) is 5.76. The second-order valence-corrected chi connectivity index (χ2v) is 9.40. The molecule has 0 unspecified atom stereocenters. The lowest BCUT2D eigenvalue weighted by molar-refractivity contribution is -0.158. The molecule has 8 nitrogen and oxygen atoms in total. The van der Waals surface area contributed by atoms with Gasteiger partial charge in [-0.3, -0.25) is 0 Å². The largest absolute Gasteiger partial charge is 0.396 e. The van der Waals surface area contributed by atoms with Crippen molar-refractivity contribution in [2.75, 3.05) is 17.7 Å². The predicted molar refractivity (Wildman–Crippen MR) is 116 cm³/mol. The minimum atomic E-state index is -0.681. The summed E-state index contributed by atoms with van der Waals surface area (Å²) in [6.07, 6.45) is 0.370. The molecule has 0 spiro atoms. The van der Waals surface area contributed by atoms with Gasteiger partial charge in [0, 0.05) is 12.5 Å². The average molecular weight is 428 g/mol. The van der Waals surface area contributed by atoms with E-state index in [4.69, 9.17) is 20.2 Å². The lowest BCUT2D eigenvalue weighted by Crippen LogP contribution is -2.35. The minimum Gasteiger partial charge on any atom is -0.396 e. The van der Waals surface area contributed by atoms with Crippen molar-refractivity contribution in [1.29, 1.82) is 0 Å². The molecule has 3 heterocycles. The smallest absolute Gasteiger partial charge is 0.222 e. The van der Waals surface area contributed by atoms with E-state index in [1.807, 2.05) is 39.0 Å². The molecule has 2 aliphatic rings. The number of benzene rings is 1. The molecule has 1 aromatic carbocycles. The average Bonchev–Trinajstić information content (AvgIpc) is 3.32. The molecule has 30 heavy (non-hydrogen) atoms. The second-order valence-electron chi connectivity index (χ2n) is 8.37. The maximum Gasteiger partial charge on any atom is 0.222 e. The number of aromatic nitrogens is 3. The Morgan fingerprint density at radius 2 is 1.97 bits per heavy atom. The van der Waals surface area contributed by atoms with Gasteiger partial charge in [-0.15, -0.1) is 11.3 Å². The van der Waals surface area contributed by atoms with Gasteiger partial charge in [-0.2, -0.15) is 4.98 Å². The highest BCUT2D eigenvalue weighted by molar-refractivity contribution is 7.21. The van der Waals surface area contributed by atoms with Gasteiger partial charge in [-0.25, -0.2) is 9.97 Å². The molecule has 0 radical (unpaired) electrons. The Balaban J connectivity index is 1.53. The lowest BCUT2D eigenvalue weighted by Gasteiger charge is -2.24. The number of nitrogens with zero attached hydrogens (tertiary/aromatic N) is 3. The topological polar surface area (TPSA) is 115 Å². The zero-order valence-electron chi connectivity index (χ0n) is 17.1. The number of aliphatic hydroxyl groups is 1. The first-order chi connectivity index (χ1) is 14.3. The van der Waals surface area contributed by atoms with Gasteiger partial charge < -0.3 is 25.6 Å². The molecule has 3 aromatic rings. The van der Waals surface area contributed by atoms with Crippen molar-refractivity contribution in [1.82, 2.24) is 15.0 Å². The number of aliphatic hydroxyl groups excluding tert-OH is 1. The number of hydrogen-bond acceptors (Lipinski definition) is 9. The fourth-order valence-corrected chi connectivity index (χ4v) is 5.58. The summed E-state index contributed by atoms with van der Waals surface area (Å²) in [5.41, 5.74) is 8.53. The molecule has 1 aliphatic carbocycles. The van der Waals surface area contributed by atoms with Gasteiger partial charge in [0.05, 0.1) is 33.6 Å². The van der Waals surface area contributed by atoms with Crippen LogP contribution in [-0.4, -0.2) is 50.7 Å². The van der Waals surface area contributed by atoms with Gasteiger partial charge >= 0.3 is 0 Å². The van der Waals surface area contributed by atoms with Gasteiger partial charge in [0.15, 0.2) is 5.79 Å². The predicted octanol–water partition coefficient (Wildman–Crippen LogP) is 2.96. The van der Waals surface area contributed by atoms with E-state index < -0.39 is 5.79 Å². The van der Waals surface area contributed by atoms with Gasteiger partial charge in [-0.05, 0) is 39.3 Å². The van der Waals surface area contributed by atoms with Crippen LogP contribution in [0.1, 0.15) is 26.0 Å². The lowest BCUT2D eigenvalue weighted by atomic mass is 10.1. The minimum absolute atomic E-state index is 0.000423. The van der Waals surface area contributed by atoms with Crippen molar-refractivity contribution in [2.24, 2.45) is 5.92 Å². The van der Waals surface area contributed by atoms with Crippen LogP contribution in [0.4, 0.5) is 11.8 Å². The molecule has 1 aliphatic heterocycles. The van der Waals surface area contributed by atoms with Gasteiger partial charge in [0.1, 0.15) is 16.9 Å². The van der Waals surface area contributed by atoms with Crippen LogP contribution in [0.2, 0.25) is 0 Å². The molecule has 1 saturated carbocycles. The van der Waals surface area contributed by atoms with Crippen molar-refractivity contribution in [3.8, 4) is 10.6 Å². The molecule has 5 rings (SSSR count). The van der Waals surface area contributed by atoms with E-state index in [2.05, 4.69) is 21.4 Å². The summed E-state index contributed by atoms with van der Waals surface area (Å²) in [6, 6.07) is 7.95. The fraction of sp³-hybridized carbons (Fsp3) is 0.476. The molecule has 0 bridgehead atoms. The normalized spacial score (nSPS) is 27.5. The molecule has 4 N–H and O–H groups in total. The Kier molecular flexibility index (Phi) is 4.66. The first-order valence-corrected chi connectivity index (χ1v) is 10.9. The zero-order valence-corrected chi connectivity index (χ0v) is 17.9. The van der Waals surface area contributed by atoms with Gasteiger partial charge in [-0.1, -0.05) is 12.1 Å². The van der Waals surface area contributed by atoms with Crippen LogP contribution in [0, 0.1) is 12.8 Å². The number of nitrogen functional groups attached to an aromatic ring is 1. The number of thiazole rings is 1. The Labute approximate surface area is 178 Å². The molecule has 0 amide bonds. The standard InChI is InChI=1S/C21H25N5O3S/c1-10-15(19-25-12-6-4-5-7-14(12)30-19)18(26-20(22)23-10)24-13-8-11(9-27)16-17(13)29-21(2,3)28-16/h4-7,11,13,16-17,27H,8-9H2,1-3H3,(H3,22,23,24,26)/t11-,13-,16-,17+/m1/s1. The van der Waals surface area contributed by atoms with Crippen molar-refractivity contribution < 1.29 is 14.6 Å². The van der Waals surface area contributed by atoms with Gasteiger partial charge in [0.25, 0.3) is 0 Å². The summed E-state index contributed by atoms with van der Waals surface area (Å²) >= 11 is 1.60. The summed E-state index contributed by atoms with van der Waals surface area (Å²) < 4.78 is 13.3. The van der Waals surface area contributed by atoms with Crippen LogP contribution in [0.3, 0.4) is 0 Å². The Morgan fingerprint density at radius 3 is 2.73 bits per heavy atom. The molecule has 158 valence electrons. The zero-order chi connectivity index (χ0) is 21.0. The van der Waals surface area contributed by atoms with Crippen LogP contribution in [-0.2, 0) is 9.47 Å². The highest BCUT2D eigenvalue weighted by Gasteiger charge is 2.54. The van der Waals surface area contributed by atoms with E-state index in [-0.39, 0.29) is 36.7 Å². The number of fused-ring (bicyclic) bond motifs is 2. The summed E-state index contributed by atoms with van der Waals surface area (Å²) in [5.74, 6) is 0.159. The molecule has 9 heteroatoms. The number of nitrogens with two attached hydrogens (primary N) is 1. The number of nitrogens with one attached hydrogen (secondary N) is 1. The molecule has 4 atom stereocenters.